The monoisotopic (exact) mass is 182 g/mol. The molecule has 0 unspecified atom stereocenters. The Morgan fingerprint density at radius 1 is 1.77 bits per heavy atom. The van der Waals surface area contributed by atoms with Crippen molar-refractivity contribution >= 4 is 5.97 Å². The van der Waals surface area contributed by atoms with Crippen LogP contribution in [0.25, 0.3) is 0 Å². The Hall–Kier alpha value is -1.25. The molecule has 0 aromatic heterocycles. The molecule has 3 heteroatoms. The van der Waals surface area contributed by atoms with Crippen LogP contribution in [-0.4, -0.2) is 18.7 Å². The van der Waals surface area contributed by atoms with E-state index < -0.39 is 0 Å². The molecule has 13 heavy (non-hydrogen) atoms. The fourth-order valence-electron chi connectivity index (χ4n) is 1.19. The van der Waals surface area contributed by atoms with Crippen LogP contribution in [-0.2, 0) is 14.3 Å². The van der Waals surface area contributed by atoms with E-state index in [-0.39, 0.29) is 12.1 Å². The SMILES string of the molecule is C=CCOC1=CC(=O)O[C@@H]1CCC. The highest BCUT2D eigenvalue weighted by atomic mass is 16.6. The second kappa shape index (κ2) is 4.70. The zero-order valence-corrected chi connectivity index (χ0v) is 7.79. The summed E-state index contributed by atoms with van der Waals surface area (Å²) in [6, 6.07) is 0. The number of rotatable bonds is 5. The van der Waals surface area contributed by atoms with Gasteiger partial charge in [0, 0.05) is 0 Å². The molecule has 72 valence electrons. The summed E-state index contributed by atoms with van der Waals surface area (Å²) in [5.74, 6) is 0.323. The highest BCUT2D eigenvalue weighted by Crippen LogP contribution is 2.20. The first kappa shape index (κ1) is 9.84. The zero-order chi connectivity index (χ0) is 9.68. The number of carbonyl (C=O) groups excluding carboxylic acids is 1. The number of hydrogen-bond acceptors (Lipinski definition) is 3. The van der Waals surface area contributed by atoms with Crippen LogP contribution in [0, 0.1) is 0 Å². The van der Waals surface area contributed by atoms with Gasteiger partial charge in [0.25, 0.3) is 0 Å². The van der Waals surface area contributed by atoms with Crippen molar-refractivity contribution in [2.45, 2.75) is 25.9 Å². The molecule has 1 atom stereocenters. The van der Waals surface area contributed by atoms with Gasteiger partial charge in [0.1, 0.15) is 12.4 Å². The molecule has 0 saturated carbocycles. The quantitative estimate of drug-likeness (QED) is 0.480. The predicted molar refractivity (Wildman–Crippen MR) is 49.0 cm³/mol. The largest absolute Gasteiger partial charge is 0.490 e. The molecule has 0 radical (unpaired) electrons. The second-order valence-corrected chi connectivity index (χ2v) is 2.86. The summed E-state index contributed by atoms with van der Waals surface area (Å²) in [5, 5.41) is 0. The molecule has 0 N–H and O–H groups in total. The van der Waals surface area contributed by atoms with Gasteiger partial charge in [0.2, 0.25) is 0 Å². The summed E-state index contributed by atoms with van der Waals surface area (Å²) in [6.45, 7) is 5.99. The van der Waals surface area contributed by atoms with E-state index in [1.807, 2.05) is 6.92 Å². The Bertz CT molecular complexity index is 230. The zero-order valence-electron chi connectivity index (χ0n) is 7.79. The van der Waals surface area contributed by atoms with Gasteiger partial charge in [-0.1, -0.05) is 26.0 Å². The molecule has 0 aromatic rings. The maximum Gasteiger partial charge on any atom is 0.335 e. The average Bonchev–Trinajstić information content (AvgIpc) is 2.44. The fourth-order valence-corrected chi connectivity index (χ4v) is 1.19. The van der Waals surface area contributed by atoms with E-state index in [2.05, 4.69) is 6.58 Å². The van der Waals surface area contributed by atoms with Crippen LogP contribution in [0.4, 0.5) is 0 Å². The van der Waals surface area contributed by atoms with E-state index in [9.17, 15) is 4.79 Å². The van der Waals surface area contributed by atoms with Gasteiger partial charge < -0.3 is 9.47 Å². The van der Waals surface area contributed by atoms with Gasteiger partial charge in [-0.15, -0.1) is 0 Å². The van der Waals surface area contributed by atoms with Gasteiger partial charge in [0.15, 0.2) is 6.10 Å². The van der Waals surface area contributed by atoms with Crippen molar-refractivity contribution in [3.63, 3.8) is 0 Å². The van der Waals surface area contributed by atoms with E-state index in [1.54, 1.807) is 6.08 Å². The highest BCUT2D eigenvalue weighted by molar-refractivity contribution is 5.85. The lowest BCUT2D eigenvalue weighted by Gasteiger charge is -2.12. The van der Waals surface area contributed by atoms with E-state index in [0.717, 1.165) is 12.8 Å². The molecule has 1 aliphatic rings. The van der Waals surface area contributed by atoms with E-state index in [0.29, 0.717) is 12.4 Å². The lowest BCUT2D eigenvalue weighted by Crippen LogP contribution is -2.13. The summed E-state index contributed by atoms with van der Waals surface area (Å²) in [5.41, 5.74) is 0. The average molecular weight is 182 g/mol. The normalized spacial score (nSPS) is 20.8. The van der Waals surface area contributed by atoms with Crippen molar-refractivity contribution in [2.75, 3.05) is 6.61 Å². The third-order valence-corrected chi connectivity index (χ3v) is 1.75. The van der Waals surface area contributed by atoms with E-state index >= 15 is 0 Å². The Kier molecular flexibility index (Phi) is 3.55. The lowest BCUT2D eigenvalue weighted by molar-refractivity contribution is -0.139. The number of carbonyl (C=O) groups is 1. The third-order valence-electron chi connectivity index (χ3n) is 1.75. The predicted octanol–water partition coefficient (Wildman–Crippen LogP) is 1.80. The molecule has 0 spiro atoms. The smallest absolute Gasteiger partial charge is 0.335 e. The molecular formula is C10H14O3. The van der Waals surface area contributed by atoms with Crippen LogP contribution in [0.1, 0.15) is 19.8 Å². The first-order valence-electron chi connectivity index (χ1n) is 4.43. The first-order chi connectivity index (χ1) is 6.27. The molecule has 0 bridgehead atoms. The summed E-state index contributed by atoms with van der Waals surface area (Å²) in [4.78, 5) is 10.9. The molecule has 1 heterocycles. The molecule has 0 fully saturated rings. The molecule has 3 nitrogen and oxygen atoms in total. The van der Waals surface area contributed by atoms with Crippen LogP contribution < -0.4 is 0 Å². The van der Waals surface area contributed by atoms with Crippen molar-refractivity contribution in [1.29, 1.82) is 0 Å². The fraction of sp³-hybridized carbons (Fsp3) is 0.500. The van der Waals surface area contributed by atoms with E-state index in [1.165, 1.54) is 6.08 Å². The maximum absolute atomic E-state index is 10.9. The van der Waals surface area contributed by atoms with Crippen LogP contribution in [0.5, 0.6) is 0 Å². The van der Waals surface area contributed by atoms with Gasteiger partial charge in [-0.3, -0.25) is 0 Å². The van der Waals surface area contributed by atoms with Crippen molar-refractivity contribution < 1.29 is 14.3 Å². The van der Waals surface area contributed by atoms with Gasteiger partial charge in [-0.2, -0.15) is 0 Å². The topological polar surface area (TPSA) is 35.5 Å². The molecule has 0 aromatic carbocycles. The van der Waals surface area contributed by atoms with Gasteiger partial charge in [-0.25, -0.2) is 4.79 Å². The van der Waals surface area contributed by atoms with Crippen molar-refractivity contribution in [1.82, 2.24) is 0 Å². The Balaban J connectivity index is 2.51. The van der Waals surface area contributed by atoms with Crippen molar-refractivity contribution in [3.05, 3.63) is 24.5 Å². The number of esters is 1. The van der Waals surface area contributed by atoms with Crippen LogP contribution in [0.2, 0.25) is 0 Å². The van der Waals surface area contributed by atoms with Crippen LogP contribution in [0.3, 0.4) is 0 Å². The molecule has 1 rings (SSSR count). The summed E-state index contributed by atoms with van der Waals surface area (Å²) >= 11 is 0. The standard InChI is InChI=1S/C10H14O3/c1-3-5-8-9(12-6-4-2)7-10(11)13-8/h4,7-8H,2-3,5-6H2,1H3/t8-/m1/s1. The minimum Gasteiger partial charge on any atom is -0.490 e. The highest BCUT2D eigenvalue weighted by Gasteiger charge is 2.26. The first-order valence-corrected chi connectivity index (χ1v) is 4.43. The lowest BCUT2D eigenvalue weighted by atomic mass is 10.2. The minimum atomic E-state index is -0.308. The van der Waals surface area contributed by atoms with Crippen LogP contribution >= 0.6 is 0 Å². The molecular weight excluding hydrogens is 168 g/mol. The summed E-state index contributed by atoms with van der Waals surface area (Å²) in [7, 11) is 0. The summed E-state index contributed by atoms with van der Waals surface area (Å²) in [6.07, 6.45) is 4.65. The minimum absolute atomic E-state index is 0.183. The van der Waals surface area contributed by atoms with Crippen molar-refractivity contribution in [3.8, 4) is 0 Å². The molecule has 1 aliphatic heterocycles. The van der Waals surface area contributed by atoms with Crippen molar-refractivity contribution in [2.24, 2.45) is 0 Å². The third kappa shape index (κ3) is 2.61. The summed E-state index contributed by atoms with van der Waals surface area (Å²) < 4.78 is 10.3. The molecule has 0 amide bonds. The van der Waals surface area contributed by atoms with Gasteiger partial charge >= 0.3 is 5.97 Å². The Morgan fingerprint density at radius 2 is 2.54 bits per heavy atom. The van der Waals surface area contributed by atoms with Crippen LogP contribution in [0.15, 0.2) is 24.5 Å². The molecule has 0 aliphatic carbocycles. The van der Waals surface area contributed by atoms with Gasteiger partial charge in [-0.05, 0) is 6.42 Å². The molecule has 0 saturated heterocycles. The Morgan fingerprint density at radius 3 is 3.15 bits per heavy atom. The van der Waals surface area contributed by atoms with Gasteiger partial charge in [0.05, 0.1) is 6.08 Å². The maximum atomic E-state index is 10.9. The van der Waals surface area contributed by atoms with E-state index in [4.69, 9.17) is 9.47 Å². The Labute approximate surface area is 78.0 Å². The number of cyclic esters (lactones) is 1. The second-order valence-electron chi connectivity index (χ2n) is 2.86. The number of hydrogen-bond donors (Lipinski definition) is 0. The number of ether oxygens (including phenoxy) is 2.